The molecule has 0 spiro atoms. The van der Waals surface area contributed by atoms with E-state index in [0.717, 1.165) is 32.1 Å². The van der Waals surface area contributed by atoms with Crippen LogP contribution in [0.5, 0.6) is 0 Å². The highest BCUT2D eigenvalue weighted by Gasteiger charge is 2.41. The molecule has 2 N–H and O–H groups in total. The maximum Gasteiger partial charge on any atom is 0.307 e. The number of carboxylic acid groups (broad SMARTS) is 2. The Labute approximate surface area is 139 Å². The van der Waals surface area contributed by atoms with Crippen molar-refractivity contribution in [1.29, 1.82) is 0 Å². The first-order chi connectivity index (χ1) is 10.7. The summed E-state index contributed by atoms with van der Waals surface area (Å²) in [6.07, 6.45) is 5.15. The lowest BCUT2D eigenvalue weighted by atomic mass is 9.63. The van der Waals surface area contributed by atoms with Gasteiger partial charge in [0.25, 0.3) is 0 Å². The van der Waals surface area contributed by atoms with E-state index in [4.69, 9.17) is 0 Å². The molecule has 2 fully saturated rings. The first-order valence-corrected chi connectivity index (χ1v) is 9.16. The smallest absolute Gasteiger partial charge is 0.307 e. The van der Waals surface area contributed by atoms with Gasteiger partial charge in [-0.05, 0) is 67.6 Å². The second kappa shape index (κ2) is 7.23. The Balaban J connectivity index is 1.94. The molecule has 2 rings (SSSR count). The summed E-state index contributed by atoms with van der Waals surface area (Å²) >= 11 is 0. The third kappa shape index (κ3) is 4.07. The zero-order valence-corrected chi connectivity index (χ0v) is 14.9. The molecule has 23 heavy (non-hydrogen) atoms. The van der Waals surface area contributed by atoms with Gasteiger partial charge < -0.3 is 10.2 Å². The number of carbonyl (C=O) groups is 2. The fraction of sp³-hybridized carbons (Fsp3) is 0.895. The van der Waals surface area contributed by atoms with Gasteiger partial charge in [-0.3, -0.25) is 9.59 Å². The molecule has 0 aromatic heterocycles. The van der Waals surface area contributed by atoms with Gasteiger partial charge in [0, 0.05) is 0 Å². The van der Waals surface area contributed by atoms with Crippen LogP contribution < -0.4 is 0 Å². The van der Waals surface area contributed by atoms with Crippen LogP contribution in [0, 0.1) is 47.3 Å². The second-order valence-electron chi connectivity index (χ2n) is 8.55. The minimum absolute atomic E-state index is 0.202. The molecule has 0 heterocycles. The summed E-state index contributed by atoms with van der Waals surface area (Å²) in [4.78, 5) is 22.8. The molecule has 0 aliphatic heterocycles. The van der Waals surface area contributed by atoms with Gasteiger partial charge in [0.1, 0.15) is 0 Å². The predicted octanol–water partition coefficient (Wildman–Crippen LogP) is 4.14. The molecule has 0 aromatic rings. The molecular weight excluding hydrogens is 292 g/mol. The third-order valence-electron chi connectivity index (χ3n) is 6.51. The summed E-state index contributed by atoms with van der Waals surface area (Å²) in [5, 5.41) is 18.8. The highest BCUT2D eigenvalue weighted by atomic mass is 16.4. The Kier molecular flexibility index (Phi) is 5.74. The minimum atomic E-state index is -0.646. The highest BCUT2D eigenvalue weighted by Crippen LogP contribution is 2.45. The van der Waals surface area contributed by atoms with Crippen LogP contribution in [0.15, 0.2) is 0 Å². The molecule has 2 saturated carbocycles. The van der Waals surface area contributed by atoms with Crippen LogP contribution >= 0.6 is 0 Å². The van der Waals surface area contributed by atoms with Crippen LogP contribution in [-0.4, -0.2) is 22.2 Å². The van der Waals surface area contributed by atoms with E-state index in [0.29, 0.717) is 11.8 Å². The van der Waals surface area contributed by atoms with Gasteiger partial charge in [0.2, 0.25) is 0 Å². The molecule has 0 aromatic carbocycles. The number of hydrogen-bond acceptors (Lipinski definition) is 2. The summed E-state index contributed by atoms with van der Waals surface area (Å²) in [6, 6.07) is 0. The summed E-state index contributed by atoms with van der Waals surface area (Å²) in [7, 11) is 0. The maximum atomic E-state index is 11.4. The van der Waals surface area contributed by atoms with E-state index in [-0.39, 0.29) is 35.5 Å². The summed E-state index contributed by atoms with van der Waals surface area (Å²) in [5.74, 6) is 0.470. The fourth-order valence-corrected chi connectivity index (χ4v) is 5.83. The normalized spacial score (nSPS) is 44.7. The predicted molar refractivity (Wildman–Crippen MR) is 89.0 cm³/mol. The number of rotatable bonds is 4. The first kappa shape index (κ1) is 18.3. The van der Waals surface area contributed by atoms with Crippen molar-refractivity contribution in [3.8, 4) is 0 Å². The zero-order chi connectivity index (χ0) is 17.3. The Morgan fingerprint density at radius 1 is 0.696 bits per heavy atom. The van der Waals surface area contributed by atoms with Gasteiger partial charge in [-0.15, -0.1) is 0 Å². The van der Waals surface area contributed by atoms with Crippen molar-refractivity contribution in [2.45, 2.75) is 59.8 Å². The van der Waals surface area contributed by atoms with Gasteiger partial charge in [0.05, 0.1) is 11.8 Å². The van der Waals surface area contributed by atoms with E-state index in [1.807, 2.05) is 0 Å². The quantitative estimate of drug-likeness (QED) is 0.815. The Morgan fingerprint density at radius 2 is 0.957 bits per heavy atom. The van der Waals surface area contributed by atoms with Crippen molar-refractivity contribution < 1.29 is 19.8 Å². The lowest BCUT2D eigenvalue weighted by molar-refractivity contribution is -0.147. The first-order valence-electron chi connectivity index (χ1n) is 9.16. The molecule has 4 heteroatoms. The van der Waals surface area contributed by atoms with Crippen LogP contribution in [0.3, 0.4) is 0 Å². The molecule has 0 bridgehead atoms. The van der Waals surface area contributed by atoms with E-state index in [1.54, 1.807) is 0 Å². The van der Waals surface area contributed by atoms with Crippen molar-refractivity contribution in [1.82, 2.24) is 0 Å². The summed E-state index contributed by atoms with van der Waals surface area (Å²) in [5.41, 5.74) is 0. The van der Waals surface area contributed by atoms with Gasteiger partial charge >= 0.3 is 11.9 Å². The zero-order valence-electron chi connectivity index (χ0n) is 14.9. The van der Waals surface area contributed by atoms with Gasteiger partial charge in [-0.25, -0.2) is 0 Å². The van der Waals surface area contributed by atoms with E-state index in [2.05, 4.69) is 27.7 Å². The summed E-state index contributed by atoms with van der Waals surface area (Å²) in [6.45, 7) is 8.31. The van der Waals surface area contributed by atoms with Crippen molar-refractivity contribution in [2.75, 3.05) is 0 Å². The molecule has 2 aliphatic rings. The Bertz CT molecular complexity index is 383. The van der Waals surface area contributed by atoms with E-state index in [1.165, 1.54) is 0 Å². The van der Waals surface area contributed by atoms with Crippen LogP contribution in [0.1, 0.15) is 59.8 Å². The summed E-state index contributed by atoms with van der Waals surface area (Å²) < 4.78 is 0. The third-order valence-corrected chi connectivity index (χ3v) is 6.51. The SMILES string of the molecule is CC1CC(CC2CC(C)C(C(=O)O)C(C)C2)CC(C)C1C(=O)O. The minimum Gasteiger partial charge on any atom is -0.481 e. The van der Waals surface area contributed by atoms with Crippen LogP contribution in [-0.2, 0) is 9.59 Å². The van der Waals surface area contributed by atoms with E-state index in [9.17, 15) is 19.8 Å². The van der Waals surface area contributed by atoms with Gasteiger partial charge in [-0.2, -0.15) is 0 Å². The standard InChI is InChI=1S/C19H32O4/c1-10-5-14(6-11(2)16(10)18(20)21)9-15-7-12(3)17(19(22)23)13(4)8-15/h10-17H,5-9H2,1-4H3,(H,20,21)(H,22,23). The Morgan fingerprint density at radius 3 is 1.17 bits per heavy atom. The van der Waals surface area contributed by atoms with Gasteiger partial charge in [0.15, 0.2) is 0 Å². The van der Waals surface area contributed by atoms with Crippen molar-refractivity contribution in [2.24, 2.45) is 47.3 Å². The van der Waals surface area contributed by atoms with E-state index < -0.39 is 11.9 Å². The van der Waals surface area contributed by atoms with E-state index >= 15 is 0 Å². The molecule has 0 radical (unpaired) electrons. The fourth-order valence-electron chi connectivity index (χ4n) is 5.83. The lowest BCUT2D eigenvalue weighted by Gasteiger charge is -2.41. The number of aliphatic carboxylic acids is 2. The Hall–Kier alpha value is -1.06. The molecule has 4 unspecified atom stereocenters. The van der Waals surface area contributed by atoms with Crippen molar-refractivity contribution in [3.05, 3.63) is 0 Å². The molecule has 0 saturated heterocycles. The van der Waals surface area contributed by atoms with Crippen LogP contribution in [0.4, 0.5) is 0 Å². The molecular formula is C19H32O4. The van der Waals surface area contributed by atoms with Crippen molar-refractivity contribution in [3.63, 3.8) is 0 Å². The molecule has 132 valence electrons. The molecule has 4 nitrogen and oxygen atoms in total. The average Bonchev–Trinajstić information content (AvgIpc) is 2.35. The number of carboxylic acids is 2. The number of hydrogen-bond donors (Lipinski definition) is 2. The van der Waals surface area contributed by atoms with Crippen molar-refractivity contribution >= 4 is 11.9 Å². The van der Waals surface area contributed by atoms with Crippen LogP contribution in [0.2, 0.25) is 0 Å². The largest absolute Gasteiger partial charge is 0.481 e. The molecule has 4 atom stereocenters. The maximum absolute atomic E-state index is 11.4. The monoisotopic (exact) mass is 324 g/mol. The molecule has 2 aliphatic carbocycles. The lowest BCUT2D eigenvalue weighted by Crippen LogP contribution is -2.38. The second-order valence-corrected chi connectivity index (χ2v) is 8.55. The topological polar surface area (TPSA) is 74.6 Å². The highest BCUT2D eigenvalue weighted by molar-refractivity contribution is 5.71. The molecule has 0 amide bonds. The average molecular weight is 324 g/mol. The van der Waals surface area contributed by atoms with Gasteiger partial charge in [-0.1, -0.05) is 27.7 Å². The van der Waals surface area contributed by atoms with Crippen LogP contribution in [0.25, 0.3) is 0 Å².